The van der Waals surface area contributed by atoms with Gasteiger partial charge in [-0.15, -0.1) is 10.2 Å². The van der Waals surface area contributed by atoms with Gasteiger partial charge in [0.25, 0.3) is 5.89 Å². The Morgan fingerprint density at radius 1 is 1.21 bits per heavy atom. The third-order valence-electron chi connectivity index (χ3n) is 3.66. The summed E-state index contributed by atoms with van der Waals surface area (Å²) >= 11 is 0. The minimum absolute atomic E-state index is 0.0189. The van der Waals surface area contributed by atoms with Crippen molar-refractivity contribution in [3.05, 3.63) is 30.2 Å². The molecule has 0 spiro atoms. The molecule has 2 rings (SSSR count). The van der Waals surface area contributed by atoms with E-state index in [1.165, 1.54) is 0 Å². The van der Waals surface area contributed by atoms with Crippen LogP contribution in [0.3, 0.4) is 0 Å². The lowest BCUT2D eigenvalue weighted by molar-refractivity contribution is -0.130. The number of hydrogen-bond donors (Lipinski definition) is 0. The summed E-state index contributed by atoms with van der Waals surface area (Å²) in [5.41, 5.74) is 0.714. The van der Waals surface area contributed by atoms with Gasteiger partial charge in [-0.3, -0.25) is 4.79 Å². The van der Waals surface area contributed by atoms with E-state index in [-0.39, 0.29) is 12.3 Å². The zero-order chi connectivity index (χ0) is 17.5. The summed E-state index contributed by atoms with van der Waals surface area (Å²) in [4.78, 5) is 16.2. The summed E-state index contributed by atoms with van der Waals surface area (Å²) in [7, 11) is 5.55. The molecule has 0 fully saturated rings. The molecule has 0 bridgehead atoms. The Kier molecular flexibility index (Phi) is 6.31. The molecule has 0 unspecified atom stereocenters. The number of likely N-dealkylation sites (N-methyl/N-ethyl adjacent to an activating group) is 2. The molecule has 1 aromatic carbocycles. The number of methoxy groups -OCH3 is 1. The summed E-state index contributed by atoms with van der Waals surface area (Å²) < 4.78 is 10.9. The molecule has 0 saturated heterocycles. The second-order valence-corrected chi connectivity index (χ2v) is 5.65. The zero-order valence-electron chi connectivity index (χ0n) is 14.7. The molecule has 0 atom stereocenters. The van der Waals surface area contributed by atoms with Gasteiger partial charge in [-0.05, 0) is 33.2 Å². The van der Waals surface area contributed by atoms with Gasteiger partial charge >= 0.3 is 0 Å². The summed E-state index contributed by atoms with van der Waals surface area (Å²) in [5.74, 6) is 1.30. The summed E-state index contributed by atoms with van der Waals surface area (Å²) in [6, 6.07) is 7.40. The molecule has 0 aliphatic carbocycles. The summed E-state index contributed by atoms with van der Waals surface area (Å²) in [6.45, 7) is 4.10. The van der Waals surface area contributed by atoms with Crippen LogP contribution < -0.4 is 4.74 Å². The first-order valence-electron chi connectivity index (χ1n) is 7.93. The fourth-order valence-corrected chi connectivity index (χ4v) is 2.28. The van der Waals surface area contributed by atoms with Gasteiger partial charge in [-0.25, -0.2) is 0 Å². The van der Waals surface area contributed by atoms with Crippen molar-refractivity contribution < 1.29 is 13.9 Å². The van der Waals surface area contributed by atoms with E-state index in [0.29, 0.717) is 36.2 Å². The molecule has 0 aliphatic rings. The number of para-hydroxylation sites is 1. The van der Waals surface area contributed by atoms with E-state index in [1.54, 1.807) is 12.0 Å². The second kappa shape index (κ2) is 8.44. The van der Waals surface area contributed by atoms with Gasteiger partial charge in [0.05, 0.1) is 12.7 Å². The third kappa shape index (κ3) is 4.55. The van der Waals surface area contributed by atoms with Crippen LogP contribution in [-0.4, -0.2) is 66.7 Å². The normalized spacial score (nSPS) is 10.9. The van der Waals surface area contributed by atoms with Crippen LogP contribution in [0.2, 0.25) is 0 Å². The largest absolute Gasteiger partial charge is 0.496 e. The number of carbonyl (C=O) groups excluding carboxylic acids is 1. The number of amides is 1. The van der Waals surface area contributed by atoms with E-state index in [2.05, 4.69) is 10.2 Å². The van der Waals surface area contributed by atoms with Gasteiger partial charge in [0.1, 0.15) is 12.2 Å². The molecule has 2 aromatic rings. The molecular weight excluding hydrogens is 308 g/mol. The van der Waals surface area contributed by atoms with Crippen LogP contribution in [0.5, 0.6) is 5.75 Å². The first kappa shape index (κ1) is 17.9. The number of hydrogen-bond acceptors (Lipinski definition) is 6. The van der Waals surface area contributed by atoms with Gasteiger partial charge < -0.3 is 19.0 Å². The van der Waals surface area contributed by atoms with Crippen LogP contribution >= 0.6 is 0 Å². The monoisotopic (exact) mass is 332 g/mol. The standard InChI is InChI=1S/C17H24N4O3/c1-5-21(11-10-20(2)3)16(22)12-15-18-19-17(24-15)13-8-6-7-9-14(13)23-4/h6-9H,5,10-12H2,1-4H3. The number of rotatable bonds is 8. The van der Waals surface area contributed by atoms with Crippen LogP contribution in [0.1, 0.15) is 12.8 Å². The lowest BCUT2D eigenvalue weighted by atomic mass is 10.2. The first-order chi connectivity index (χ1) is 11.5. The lowest BCUT2D eigenvalue weighted by Gasteiger charge is -2.22. The van der Waals surface area contributed by atoms with Gasteiger partial charge in [-0.1, -0.05) is 12.1 Å². The summed E-state index contributed by atoms with van der Waals surface area (Å²) in [6.07, 6.45) is 0.101. The minimum Gasteiger partial charge on any atom is -0.496 e. The Balaban J connectivity index is 2.06. The highest BCUT2D eigenvalue weighted by Crippen LogP contribution is 2.28. The van der Waals surface area contributed by atoms with Crippen molar-refractivity contribution >= 4 is 5.91 Å². The maximum atomic E-state index is 12.4. The number of nitrogens with zero attached hydrogens (tertiary/aromatic N) is 4. The van der Waals surface area contributed by atoms with E-state index >= 15 is 0 Å². The van der Waals surface area contributed by atoms with Crippen LogP contribution in [0.25, 0.3) is 11.5 Å². The van der Waals surface area contributed by atoms with Gasteiger partial charge in [0, 0.05) is 19.6 Å². The van der Waals surface area contributed by atoms with Gasteiger partial charge in [0.15, 0.2) is 0 Å². The average molecular weight is 332 g/mol. The van der Waals surface area contributed by atoms with E-state index in [4.69, 9.17) is 9.15 Å². The minimum atomic E-state index is -0.0189. The van der Waals surface area contributed by atoms with E-state index in [1.807, 2.05) is 50.2 Å². The zero-order valence-corrected chi connectivity index (χ0v) is 14.7. The van der Waals surface area contributed by atoms with Gasteiger partial charge in [-0.2, -0.15) is 0 Å². The third-order valence-corrected chi connectivity index (χ3v) is 3.66. The first-order valence-corrected chi connectivity index (χ1v) is 7.93. The molecule has 1 amide bonds. The van der Waals surface area contributed by atoms with Crippen molar-refractivity contribution in [2.75, 3.05) is 40.8 Å². The molecule has 0 N–H and O–H groups in total. The maximum absolute atomic E-state index is 12.4. The molecule has 24 heavy (non-hydrogen) atoms. The van der Waals surface area contributed by atoms with Crippen LogP contribution in [0.15, 0.2) is 28.7 Å². The molecule has 0 aliphatic heterocycles. The Labute approximate surface area is 142 Å². The Hall–Kier alpha value is -2.41. The second-order valence-electron chi connectivity index (χ2n) is 5.65. The Bertz CT molecular complexity index is 669. The number of aromatic nitrogens is 2. The smallest absolute Gasteiger partial charge is 0.251 e. The predicted molar refractivity (Wildman–Crippen MR) is 90.8 cm³/mol. The van der Waals surface area contributed by atoms with Crippen molar-refractivity contribution in [3.8, 4) is 17.2 Å². The fourth-order valence-electron chi connectivity index (χ4n) is 2.28. The molecular formula is C17H24N4O3. The molecule has 130 valence electrons. The highest BCUT2D eigenvalue weighted by Gasteiger charge is 2.18. The van der Waals surface area contributed by atoms with Crippen molar-refractivity contribution in [2.24, 2.45) is 0 Å². The molecule has 1 heterocycles. The average Bonchev–Trinajstić information content (AvgIpc) is 3.03. The van der Waals surface area contributed by atoms with Crippen LogP contribution in [0, 0.1) is 0 Å². The highest BCUT2D eigenvalue weighted by molar-refractivity contribution is 5.77. The summed E-state index contributed by atoms with van der Waals surface area (Å²) in [5, 5.41) is 8.02. The number of benzene rings is 1. The van der Waals surface area contributed by atoms with E-state index < -0.39 is 0 Å². The predicted octanol–water partition coefficient (Wildman–Crippen LogP) is 1.70. The lowest BCUT2D eigenvalue weighted by Crippen LogP contribution is -2.37. The van der Waals surface area contributed by atoms with E-state index in [9.17, 15) is 4.79 Å². The topological polar surface area (TPSA) is 71.7 Å². The van der Waals surface area contributed by atoms with E-state index in [0.717, 1.165) is 6.54 Å². The number of carbonyl (C=O) groups is 1. The quantitative estimate of drug-likeness (QED) is 0.733. The molecule has 0 saturated carbocycles. The Morgan fingerprint density at radius 3 is 2.62 bits per heavy atom. The van der Waals surface area contributed by atoms with Crippen LogP contribution in [-0.2, 0) is 11.2 Å². The fraction of sp³-hybridized carbons (Fsp3) is 0.471. The van der Waals surface area contributed by atoms with Crippen molar-refractivity contribution in [1.29, 1.82) is 0 Å². The number of ether oxygens (including phenoxy) is 1. The highest BCUT2D eigenvalue weighted by atomic mass is 16.5. The van der Waals surface area contributed by atoms with Crippen molar-refractivity contribution in [2.45, 2.75) is 13.3 Å². The molecule has 0 radical (unpaired) electrons. The SMILES string of the molecule is CCN(CCN(C)C)C(=O)Cc1nnc(-c2ccccc2OC)o1. The maximum Gasteiger partial charge on any atom is 0.251 e. The molecule has 7 nitrogen and oxygen atoms in total. The van der Waals surface area contributed by atoms with Crippen molar-refractivity contribution in [3.63, 3.8) is 0 Å². The van der Waals surface area contributed by atoms with Crippen molar-refractivity contribution in [1.82, 2.24) is 20.0 Å². The van der Waals surface area contributed by atoms with Crippen LogP contribution in [0.4, 0.5) is 0 Å². The molecule has 7 heteroatoms. The Morgan fingerprint density at radius 2 is 1.96 bits per heavy atom. The van der Waals surface area contributed by atoms with Gasteiger partial charge in [0.2, 0.25) is 11.8 Å². The molecule has 1 aromatic heterocycles.